The third-order valence-electron chi connectivity index (χ3n) is 9.35. The largest absolute Gasteiger partial charge is 0.468 e. The van der Waals surface area contributed by atoms with Crippen molar-refractivity contribution in [1.82, 2.24) is 9.80 Å². The Morgan fingerprint density at radius 3 is 2.39 bits per heavy atom. The van der Waals surface area contributed by atoms with Gasteiger partial charge in [-0.25, -0.2) is 0 Å². The molecule has 0 aromatic heterocycles. The van der Waals surface area contributed by atoms with Gasteiger partial charge in [-0.2, -0.15) is 0 Å². The number of nitrogens with zero attached hydrogens (tertiary/aromatic N) is 4. The Morgan fingerprint density at radius 1 is 1.12 bits per heavy atom. The first-order valence-electron chi connectivity index (χ1n) is 16.8. The van der Waals surface area contributed by atoms with Gasteiger partial charge >= 0.3 is 11.9 Å². The van der Waals surface area contributed by atoms with Gasteiger partial charge in [0.2, 0.25) is 6.41 Å². The Kier molecular flexibility index (Phi) is 13.6. The van der Waals surface area contributed by atoms with Crippen molar-refractivity contribution in [3.63, 3.8) is 0 Å². The minimum atomic E-state index is -0.858. The second kappa shape index (κ2) is 17.8. The number of rotatable bonds is 17. The molecule has 0 saturated carbocycles. The molecule has 2 aromatic rings. The number of non-ortho nitro benzene ring substituents is 1. The second-order valence-corrected chi connectivity index (χ2v) is 12.1. The second-order valence-electron chi connectivity index (χ2n) is 12.1. The summed E-state index contributed by atoms with van der Waals surface area (Å²) in [7, 11) is 1.30. The molecule has 2 aliphatic rings. The van der Waals surface area contributed by atoms with E-state index in [0.717, 1.165) is 12.0 Å². The van der Waals surface area contributed by atoms with Crippen molar-refractivity contribution < 1.29 is 33.5 Å². The summed E-state index contributed by atoms with van der Waals surface area (Å²) < 4.78 is 16.6. The number of ether oxygens (including phenoxy) is 3. The predicted molar refractivity (Wildman–Crippen MR) is 184 cm³/mol. The molecular formula is C36H47N5O8. The summed E-state index contributed by atoms with van der Waals surface area (Å²) in [6.45, 7) is 6.95. The number of methoxy groups -OCH3 is 1. The summed E-state index contributed by atoms with van der Waals surface area (Å²) >= 11 is 0. The van der Waals surface area contributed by atoms with Gasteiger partial charge in [-0.3, -0.25) is 29.5 Å². The molecule has 13 nitrogen and oxygen atoms in total. The summed E-state index contributed by atoms with van der Waals surface area (Å²) in [6, 6.07) is 15.8. The van der Waals surface area contributed by atoms with E-state index in [9.17, 15) is 24.5 Å². The topological polar surface area (TPSA) is 167 Å². The van der Waals surface area contributed by atoms with Crippen molar-refractivity contribution in [3.8, 4) is 0 Å². The van der Waals surface area contributed by atoms with E-state index in [-0.39, 0.29) is 24.9 Å². The fraction of sp³-hybridized carbons (Fsp3) is 0.500. The van der Waals surface area contributed by atoms with Gasteiger partial charge in [0, 0.05) is 36.9 Å². The summed E-state index contributed by atoms with van der Waals surface area (Å²) in [5.41, 5.74) is 7.98. The highest BCUT2D eigenvalue weighted by Gasteiger charge is 2.45. The van der Waals surface area contributed by atoms with Crippen LogP contribution in [0.1, 0.15) is 56.6 Å². The molecule has 1 fully saturated rings. The molecule has 13 heteroatoms. The van der Waals surface area contributed by atoms with Crippen LogP contribution in [0.3, 0.4) is 0 Å². The number of likely N-dealkylation sites (tertiary alicyclic amines) is 1. The van der Waals surface area contributed by atoms with E-state index in [1.54, 1.807) is 17.0 Å². The highest BCUT2D eigenvalue weighted by Crippen LogP contribution is 2.42. The van der Waals surface area contributed by atoms with Crippen molar-refractivity contribution in [2.24, 2.45) is 16.6 Å². The van der Waals surface area contributed by atoms with Gasteiger partial charge in [-0.05, 0) is 63.4 Å². The maximum atomic E-state index is 13.4. The maximum absolute atomic E-state index is 13.4. The van der Waals surface area contributed by atoms with E-state index in [1.165, 1.54) is 19.2 Å². The summed E-state index contributed by atoms with van der Waals surface area (Å²) in [5.74, 6) is -2.30. The molecule has 1 saturated heterocycles. The minimum Gasteiger partial charge on any atom is -0.468 e. The molecule has 2 atom stereocenters. The van der Waals surface area contributed by atoms with Crippen LogP contribution in [0.15, 0.2) is 71.0 Å². The van der Waals surface area contributed by atoms with Crippen LogP contribution >= 0.6 is 0 Å². The molecule has 1 amide bonds. The molecule has 0 radical (unpaired) electrons. The number of piperidine rings is 1. The van der Waals surface area contributed by atoms with Crippen molar-refractivity contribution in [1.29, 1.82) is 0 Å². The molecule has 2 aromatic carbocycles. The SMILES string of the molecule is CCOC(=O)C1(c2ccccc2)CCN(CCCN(C=O)C2=C(COCCN)N=C(CC)C(C(=O)OC)C2c2ccc([N+](=O)[O-])cc2)CC1. The number of allylic oxidation sites excluding steroid dienone is 1. The van der Waals surface area contributed by atoms with Gasteiger partial charge in [0.1, 0.15) is 5.92 Å². The molecular weight excluding hydrogens is 630 g/mol. The van der Waals surface area contributed by atoms with E-state index < -0.39 is 28.1 Å². The number of aliphatic imine (C=N–C) groups is 1. The van der Waals surface area contributed by atoms with Gasteiger partial charge in [0.15, 0.2) is 0 Å². The van der Waals surface area contributed by atoms with Crippen LogP contribution in [0.2, 0.25) is 0 Å². The van der Waals surface area contributed by atoms with Crippen LogP contribution in [0, 0.1) is 16.0 Å². The number of esters is 2. The lowest BCUT2D eigenvalue weighted by Crippen LogP contribution is -2.48. The molecule has 0 aliphatic carbocycles. The van der Waals surface area contributed by atoms with E-state index in [4.69, 9.17) is 24.9 Å². The Labute approximate surface area is 287 Å². The lowest BCUT2D eigenvalue weighted by molar-refractivity contribution is -0.384. The quantitative estimate of drug-likeness (QED) is 0.0851. The van der Waals surface area contributed by atoms with Crippen molar-refractivity contribution in [3.05, 3.63) is 87.2 Å². The molecule has 0 bridgehead atoms. The summed E-state index contributed by atoms with van der Waals surface area (Å²) in [6.07, 6.45) is 2.98. The van der Waals surface area contributed by atoms with Crippen LogP contribution < -0.4 is 5.73 Å². The number of carbonyl (C=O) groups is 3. The number of nitro groups is 1. The first kappa shape index (κ1) is 37.4. The van der Waals surface area contributed by atoms with Crippen LogP contribution in [0.5, 0.6) is 0 Å². The highest BCUT2D eigenvalue weighted by atomic mass is 16.6. The lowest BCUT2D eigenvalue weighted by Gasteiger charge is -2.40. The Morgan fingerprint density at radius 2 is 1.82 bits per heavy atom. The number of hydrogen-bond acceptors (Lipinski definition) is 11. The van der Waals surface area contributed by atoms with E-state index in [1.807, 2.05) is 44.2 Å². The average Bonchev–Trinajstić information content (AvgIpc) is 3.13. The van der Waals surface area contributed by atoms with Crippen LogP contribution in [0.25, 0.3) is 0 Å². The van der Waals surface area contributed by atoms with Crippen molar-refractivity contribution >= 4 is 29.7 Å². The highest BCUT2D eigenvalue weighted by molar-refractivity contribution is 6.05. The van der Waals surface area contributed by atoms with Gasteiger partial charge < -0.3 is 29.7 Å². The zero-order valence-electron chi connectivity index (χ0n) is 28.5. The van der Waals surface area contributed by atoms with Gasteiger partial charge in [-0.15, -0.1) is 0 Å². The normalized spacial score (nSPS) is 19.1. The van der Waals surface area contributed by atoms with E-state index in [2.05, 4.69) is 4.90 Å². The minimum absolute atomic E-state index is 0.0549. The molecule has 2 N–H and O–H groups in total. The van der Waals surface area contributed by atoms with Gasteiger partial charge in [-0.1, -0.05) is 49.4 Å². The number of nitro benzene ring substituents is 1. The molecule has 0 spiro atoms. The molecule has 4 rings (SSSR count). The van der Waals surface area contributed by atoms with Crippen molar-refractivity contribution in [2.75, 3.05) is 59.7 Å². The maximum Gasteiger partial charge on any atom is 0.316 e. The number of carbonyl (C=O) groups excluding carboxylic acids is 3. The number of amides is 1. The van der Waals surface area contributed by atoms with E-state index >= 15 is 0 Å². The first-order valence-corrected chi connectivity index (χ1v) is 16.8. The third-order valence-corrected chi connectivity index (χ3v) is 9.35. The van der Waals surface area contributed by atoms with Gasteiger partial charge in [0.05, 0.1) is 48.7 Å². The first-order chi connectivity index (χ1) is 23.7. The van der Waals surface area contributed by atoms with Crippen LogP contribution in [0.4, 0.5) is 5.69 Å². The Hall–Kier alpha value is -4.46. The fourth-order valence-corrected chi connectivity index (χ4v) is 6.87. The summed E-state index contributed by atoms with van der Waals surface area (Å²) in [5, 5.41) is 11.4. The number of hydrogen-bond donors (Lipinski definition) is 1. The van der Waals surface area contributed by atoms with Crippen LogP contribution in [-0.4, -0.2) is 98.4 Å². The van der Waals surface area contributed by atoms with Gasteiger partial charge in [0.25, 0.3) is 5.69 Å². The lowest BCUT2D eigenvalue weighted by atomic mass is 9.72. The van der Waals surface area contributed by atoms with Crippen molar-refractivity contribution in [2.45, 2.75) is 50.9 Å². The molecule has 2 heterocycles. The molecule has 2 aliphatic heterocycles. The average molecular weight is 678 g/mol. The van der Waals surface area contributed by atoms with E-state index in [0.29, 0.717) is 87.7 Å². The Balaban J connectivity index is 1.60. The smallest absolute Gasteiger partial charge is 0.316 e. The number of benzene rings is 2. The predicted octanol–water partition coefficient (Wildman–Crippen LogP) is 3.96. The number of nitrogens with two attached hydrogens (primary N) is 1. The monoisotopic (exact) mass is 677 g/mol. The summed E-state index contributed by atoms with van der Waals surface area (Å²) in [4.78, 5) is 59.1. The molecule has 264 valence electrons. The zero-order valence-corrected chi connectivity index (χ0v) is 28.5. The van der Waals surface area contributed by atoms with Crippen LogP contribution in [-0.2, 0) is 34.0 Å². The molecule has 49 heavy (non-hydrogen) atoms. The standard InChI is InChI=1S/C36H47N5O8/c1-4-29-32(34(43)47-3)31(26-12-14-28(15-13-26)41(45)46)33(30(38-29)24-48-23-18-37)40(25-42)20-9-19-39-21-16-36(17-22-39,35(44)49-5-2)27-10-7-6-8-11-27/h6-8,10-15,25,31-32H,4-5,9,16-24,37H2,1-3H3. The molecule has 2 unspecified atom stereocenters. The fourth-order valence-electron chi connectivity index (χ4n) is 6.87. The third kappa shape index (κ3) is 8.59. The Bertz CT molecular complexity index is 1500. The zero-order chi connectivity index (χ0) is 35.4.